The minimum absolute atomic E-state index is 0.0178. The first-order valence-electron chi connectivity index (χ1n) is 13.1. The van der Waals surface area contributed by atoms with Crippen LogP contribution in [0.25, 0.3) is 0 Å². The molecule has 0 aliphatic rings. The number of carboxylic acid groups (broad SMARTS) is 1. The predicted octanol–water partition coefficient (Wildman–Crippen LogP) is 1.75. The maximum atomic E-state index is 13.5. The number of carbonyl (C=O) groups excluding carboxylic acids is 3. The summed E-state index contributed by atoms with van der Waals surface area (Å²) in [6.07, 6.45) is 0.619. The van der Waals surface area contributed by atoms with Gasteiger partial charge in [0, 0.05) is 6.42 Å². The summed E-state index contributed by atoms with van der Waals surface area (Å²) in [7, 11) is 0. The van der Waals surface area contributed by atoms with E-state index in [1.807, 2.05) is 44.2 Å². The average Bonchev–Trinajstić information content (AvgIpc) is 2.87. The van der Waals surface area contributed by atoms with Crippen LogP contribution in [0.1, 0.15) is 45.2 Å². The molecule has 7 N–H and O–H groups in total. The Morgan fingerprint density at radius 1 is 0.744 bits per heavy atom. The first-order chi connectivity index (χ1) is 18.4. The predicted molar refractivity (Wildman–Crippen MR) is 148 cm³/mol. The lowest BCUT2D eigenvalue weighted by Crippen LogP contribution is -2.58. The van der Waals surface area contributed by atoms with Gasteiger partial charge in [-0.05, 0) is 47.9 Å². The molecular formula is C29H40N4O6. The lowest BCUT2D eigenvalue weighted by molar-refractivity contribution is -0.143. The summed E-state index contributed by atoms with van der Waals surface area (Å²) in [5, 5.41) is 26.9. The molecule has 4 atom stereocenters. The van der Waals surface area contributed by atoms with Crippen LogP contribution in [-0.2, 0) is 32.0 Å². The van der Waals surface area contributed by atoms with Crippen molar-refractivity contribution < 1.29 is 29.4 Å². The van der Waals surface area contributed by atoms with E-state index < -0.39 is 47.9 Å². The molecule has 10 heteroatoms. The number of amides is 3. The highest BCUT2D eigenvalue weighted by Gasteiger charge is 2.31. The number of nitrogens with one attached hydrogen (secondary N) is 3. The zero-order valence-electron chi connectivity index (χ0n) is 22.9. The third-order valence-corrected chi connectivity index (χ3v) is 6.21. The van der Waals surface area contributed by atoms with Crippen LogP contribution < -0.4 is 21.7 Å². The van der Waals surface area contributed by atoms with E-state index in [2.05, 4.69) is 16.0 Å². The largest absolute Gasteiger partial charge is 0.508 e. The van der Waals surface area contributed by atoms with Crippen molar-refractivity contribution in [2.45, 2.75) is 71.1 Å². The first-order valence-corrected chi connectivity index (χ1v) is 13.1. The molecule has 0 aliphatic carbocycles. The summed E-state index contributed by atoms with van der Waals surface area (Å²) in [6, 6.07) is 11.3. The average molecular weight is 541 g/mol. The van der Waals surface area contributed by atoms with Crippen molar-refractivity contribution in [3.05, 3.63) is 65.7 Å². The summed E-state index contributed by atoms with van der Waals surface area (Å²) in [5.74, 6) is -3.14. The van der Waals surface area contributed by atoms with Gasteiger partial charge in [-0.25, -0.2) is 4.79 Å². The van der Waals surface area contributed by atoms with E-state index in [1.54, 1.807) is 26.0 Å². The van der Waals surface area contributed by atoms with Gasteiger partial charge in [-0.15, -0.1) is 0 Å². The number of hydrogen-bond acceptors (Lipinski definition) is 6. The summed E-state index contributed by atoms with van der Waals surface area (Å²) < 4.78 is 0. The van der Waals surface area contributed by atoms with E-state index in [9.17, 15) is 29.4 Å². The smallest absolute Gasteiger partial charge is 0.326 e. The third kappa shape index (κ3) is 10.4. The van der Waals surface area contributed by atoms with Crippen molar-refractivity contribution in [2.24, 2.45) is 17.6 Å². The Kier molecular flexibility index (Phi) is 11.9. The molecule has 39 heavy (non-hydrogen) atoms. The second-order valence-electron chi connectivity index (χ2n) is 10.5. The van der Waals surface area contributed by atoms with E-state index in [0.717, 1.165) is 11.1 Å². The molecule has 0 saturated heterocycles. The number of hydrogen-bond donors (Lipinski definition) is 6. The van der Waals surface area contributed by atoms with Gasteiger partial charge in [-0.2, -0.15) is 0 Å². The zero-order valence-corrected chi connectivity index (χ0v) is 22.9. The Morgan fingerprint density at radius 2 is 1.28 bits per heavy atom. The fourth-order valence-electron chi connectivity index (χ4n) is 4.06. The van der Waals surface area contributed by atoms with E-state index in [0.29, 0.717) is 0 Å². The van der Waals surface area contributed by atoms with Crippen molar-refractivity contribution in [1.29, 1.82) is 0 Å². The van der Waals surface area contributed by atoms with Crippen molar-refractivity contribution >= 4 is 23.7 Å². The normalized spacial score (nSPS) is 14.2. The number of aromatic hydroxyl groups is 1. The highest BCUT2D eigenvalue weighted by atomic mass is 16.4. The molecule has 2 aromatic carbocycles. The van der Waals surface area contributed by atoms with Gasteiger partial charge in [0.2, 0.25) is 17.7 Å². The molecular weight excluding hydrogens is 500 g/mol. The molecule has 0 saturated carbocycles. The summed E-state index contributed by atoms with van der Waals surface area (Å²) >= 11 is 0. The summed E-state index contributed by atoms with van der Waals surface area (Å²) in [6.45, 7) is 7.13. The van der Waals surface area contributed by atoms with Crippen molar-refractivity contribution in [2.75, 3.05) is 0 Å². The number of phenolic OH excluding ortho intramolecular Hbond substituents is 1. The van der Waals surface area contributed by atoms with Gasteiger partial charge in [-0.3, -0.25) is 14.4 Å². The lowest BCUT2D eigenvalue weighted by atomic mass is 9.99. The minimum atomic E-state index is -1.16. The zero-order chi connectivity index (χ0) is 29.1. The highest BCUT2D eigenvalue weighted by Crippen LogP contribution is 2.12. The van der Waals surface area contributed by atoms with Gasteiger partial charge in [0.1, 0.15) is 23.9 Å². The van der Waals surface area contributed by atoms with Crippen LogP contribution in [0.4, 0.5) is 0 Å². The number of phenols is 1. The highest BCUT2D eigenvalue weighted by molar-refractivity contribution is 5.94. The SMILES string of the molecule is CC(C)CC(NC(=O)C(Cc1ccccc1)NC(=O)C(N)Cc1ccc(O)cc1)C(=O)NC(C(=O)O)C(C)C. The van der Waals surface area contributed by atoms with Gasteiger partial charge in [0.25, 0.3) is 0 Å². The number of carbonyl (C=O) groups is 4. The molecule has 0 bridgehead atoms. The molecule has 2 rings (SSSR count). The molecule has 10 nitrogen and oxygen atoms in total. The Morgan fingerprint density at radius 3 is 1.82 bits per heavy atom. The lowest BCUT2D eigenvalue weighted by Gasteiger charge is -2.27. The molecule has 3 amide bonds. The van der Waals surface area contributed by atoms with Crippen molar-refractivity contribution in [3.63, 3.8) is 0 Å². The van der Waals surface area contributed by atoms with E-state index in [4.69, 9.17) is 5.73 Å². The Hall–Kier alpha value is -3.92. The monoisotopic (exact) mass is 540 g/mol. The van der Waals surface area contributed by atoms with Crippen LogP contribution in [-0.4, -0.2) is 58.1 Å². The summed E-state index contributed by atoms with van der Waals surface area (Å²) in [4.78, 5) is 51.1. The second-order valence-corrected chi connectivity index (χ2v) is 10.5. The molecule has 0 radical (unpaired) electrons. The fourth-order valence-corrected chi connectivity index (χ4v) is 4.06. The third-order valence-electron chi connectivity index (χ3n) is 6.21. The standard InChI is InChI=1S/C29H40N4O6/c1-17(2)14-23(28(37)33-25(18(3)4)29(38)39)32-27(36)24(16-19-8-6-5-7-9-19)31-26(35)22(30)15-20-10-12-21(34)13-11-20/h5-13,17-18,22-25,34H,14-16,30H2,1-4H3,(H,31,35)(H,32,36)(H,33,37)(H,38,39). The van der Waals surface area contributed by atoms with Crippen LogP contribution in [0, 0.1) is 11.8 Å². The molecule has 0 spiro atoms. The van der Waals surface area contributed by atoms with Gasteiger partial charge < -0.3 is 31.9 Å². The number of nitrogens with two attached hydrogens (primary N) is 1. The molecule has 212 valence electrons. The molecule has 0 fully saturated rings. The number of rotatable bonds is 14. The topological polar surface area (TPSA) is 171 Å². The minimum Gasteiger partial charge on any atom is -0.508 e. The maximum Gasteiger partial charge on any atom is 0.326 e. The molecule has 0 aliphatic heterocycles. The van der Waals surface area contributed by atoms with Crippen LogP contribution >= 0.6 is 0 Å². The van der Waals surface area contributed by atoms with Crippen molar-refractivity contribution in [3.8, 4) is 5.75 Å². The number of carboxylic acids is 1. The van der Waals surface area contributed by atoms with Gasteiger partial charge in [-0.1, -0.05) is 70.2 Å². The number of benzene rings is 2. The molecule has 0 heterocycles. The van der Waals surface area contributed by atoms with Gasteiger partial charge >= 0.3 is 5.97 Å². The van der Waals surface area contributed by atoms with Crippen LogP contribution in [0.15, 0.2) is 54.6 Å². The van der Waals surface area contributed by atoms with Gasteiger partial charge in [0.05, 0.1) is 6.04 Å². The Bertz CT molecular complexity index is 1100. The Balaban J connectivity index is 2.21. The number of aliphatic carboxylic acids is 1. The quantitative estimate of drug-likeness (QED) is 0.212. The Labute approximate surface area is 229 Å². The van der Waals surface area contributed by atoms with Crippen LogP contribution in [0.3, 0.4) is 0 Å². The van der Waals surface area contributed by atoms with Crippen molar-refractivity contribution in [1.82, 2.24) is 16.0 Å². The molecule has 4 unspecified atom stereocenters. The van der Waals surface area contributed by atoms with E-state index in [1.165, 1.54) is 12.1 Å². The maximum absolute atomic E-state index is 13.5. The summed E-state index contributed by atoms with van der Waals surface area (Å²) in [5.41, 5.74) is 7.66. The second kappa shape index (κ2) is 14.9. The fraction of sp³-hybridized carbons (Fsp3) is 0.448. The first kappa shape index (κ1) is 31.3. The van der Waals surface area contributed by atoms with E-state index in [-0.39, 0.29) is 36.8 Å². The van der Waals surface area contributed by atoms with Gasteiger partial charge in [0.15, 0.2) is 0 Å². The van der Waals surface area contributed by atoms with Crippen LogP contribution in [0.2, 0.25) is 0 Å². The van der Waals surface area contributed by atoms with E-state index >= 15 is 0 Å². The molecule has 2 aromatic rings. The van der Waals surface area contributed by atoms with Crippen LogP contribution in [0.5, 0.6) is 5.75 Å². The molecule has 0 aromatic heterocycles.